The van der Waals surface area contributed by atoms with E-state index >= 15 is 0 Å². The number of hydrogen-bond acceptors (Lipinski definition) is 3. The molecule has 0 aromatic heterocycles. The van der Waals surface area contributed by atoms with E-state index < -0.39 is 0 Å². The van der Waals surface area contributed by atoms with Crippen molar-refractivity contribution in [2.45, 2.75) is 6.92 Å². The average molecular weight is 327 g/mol. The molecule has 0 radical (unpaired) electrons. The molecule has 0 saturated heterocycles. The number of phenols is 1. The van der Waals surface area contributed by atoms with E-state index in [-0.39, 0.29) is 11.5 Å². The molecule has 0 unspecified atom stereocenters. The van der Waals surface area contributed by atoms with E-state index in [1.165, 1.54) is 0 Å². The number of nitrogens with one attached hydrogen (secondary N) is 1. The standard InChI is InChI=1S/C22H17NO2/c1-14-13-16(24)11-12-19(14)23-21-17-9-5-6-10-18(17)22(25)20(21)15-7-3-2-4-8-15/h2-13,23-24H,1H3. The number of aromatic hydroxyl groups is 1. The summed E-state index contributed by atoms with van der Waals surface area (Å²) in [6.45, 7) is 1.92. The number of carbonyl (C=O) groups is 1. The molecule has 25 heavy (non-hydrogen) atoms. The predicted octanol–water partition coefficient (Wildman–Crippen LogP) is 4.88. The van der Waals surface area contributed by atoms with Gasteiger partial charge in [0, 0.05) is 16.8 Å². The van der Waals surface area contributed by atoms with Crippen molar-refractivity contribution in [1.29, 1.82) is 0 Å². The average Bonchev–Trinajstić information content (AvgIpc) is 2.91. The van der Waals surface area contributed by atoms with Gasteiger partial charge in [0.15, 0.2) is 5.78 Å². The summed E-state index contributed by atoms with van der Waals surface area (Å²) in [5.74, 6) is 0.254. The minimum atomic E-state index is 0.0285. The van der Waals surface area contributed by atoms with Gasteiger partial charge in [-0.1, -0.05) is 54.6 Å². The Morgan fingerprint density at radius 1 is 0.840 bits per heavy atom. The molecule has 0 spiro atoms. The Hall–Kier alpha value is -3.33. The number of ketones is 1. The van der Waals surface area contributed by atoms with Crippen molar-refractivity contribution < 1.29 is 9.90 Å². The van der Waals surface area contributed by atoms with Crippen LogP contribution in [0.15, 0.2) is 72.8 Å². The van der Waals surface area contributed by atoms with Crippen LogP contribution in [0.25, 0.3) is 11.3 Å². The van der Waals surface area contributed by atoms with Gasteiger partial charge in [-0.3, -0.25) is 4.79 Å². The van der Waals surface area contributed by atoms with E-state index in [0.29, 0.717) is 11.1 Å². The van der Waals surface area contributed by atoms with Crippen molar-refractivity contribution in [3.63, 3.8) is 0 Å². The summed E-state index contributed by atoms with van der Waals surface area (Å²) in [6.07, 6.45) is 0. The highest BCUT2D eigenvalue weighted by Gasteiger charge is 2.30. The fraction of sp³-hybridized carbons (Fsp3) is 0.0455. The van der Waals surface area contributed by atoms with Gasteiger partial charge < -0.3 is 10.4 Å². The van der Waals surface area contributed by atoms with Gasteiger partial charge in [-0.25, -0.2) is 0 Å². The second-order valence-electron chi connectivity index (χ2n) is 6.11. The Kier molecular flexibility index (Phi) is 3.62. The summed E-state index contributed by atoms with van der Waals surface area (Å²) in [4.78, 5) is 13.0. The van der Waals surface area contributed by atoms with Crippen molar-refractivity contribution in [3.05, 3.63) is 95.1 Å². The smallest absolute Gasteiger partial charge is 0.196 e. The molecule has 0 atom stereocenters. The van der Waals surface area contributed by atoms with Crippen LogP contribution in [0, 0.1) is 6.92 Å². The minimum absolute atomic E-state index is 0.0285. The quantitative estimate of drug-likeness (QED) is 0.674. The van der Waals surface area contributed by atoms with Crippen LogP contribution in [-0.2, 0) is 0 Å². The van der Waals surface area contributed by atoms with Crippen LogP contribution < -0.4 is 5.32 Å². The van der Waals surface area contributed by atoms with Gasteiger partial charge in [0.05, 0.1) is 11.3 Å². The number of Topliss-reactive ketones (excluding diaryl/α,β-unsaturated/α-hetero) is 1. The zero-order valence-corrected chi connectivity index (χ0v) is 13.8. The van der Waals surface area contributed by atoms with Crippen LogP contribution in [-0.4, -0.2) is 10.9 Å². The number of benzene rings is 3. The topological polar surface area (TPSA) is 49.3 Å². The molecule has 3 aromatic rings. The highest BCUT2D eigenvalue weighted by Crippen LogP contribution is 2.39. The molecule has 1 aliphatic carbocycles. The molecule has 122 valence electrons. The molecule has 4 rings (SSSR count). The lowest BCUT2D eigenvalue weighted by molar-refractivity contribution is 0.105. The van der Waals surface area contributed by atoms with Crippen molar-refractivity contribution in [1.82, 2.24) is 0 Å². The van der Waals surface area contributed by atoms with Gasteiger partial charge in [-0.2, -0.15) is 0 Å². The number of allylic oxidation sites excluding steroid dienone is 1. The van der Waals surface area contributed by atoms with E-state index in [4.69, 9.17) is 0 Å². The maximum Gasteiger partial charge on any atom is 0.196 e. The zero-order chi connectivity index (χ0) is 17.4. The number of carbonyl (C=O) groups excluding carboxylic acids is 1. The highest BCUT2D eigenvalue weighted by atomic mass is 16.3. The van der Waals surface area contributed by atoms with E-state index in [9.17, 15) is 9.90 Å². The molecule has 0 aliphatic heterocycles. The Bertz CT molecular complexity index is 1000. The Labute approximate surface area is 146 Å². The van der Waals surface area contributed by atoms with Gasteiger partial charge in [0.2, 0.25) is 0 Å². The summed E-state index contributed by atoms with van der Waals surface area (Å²) in [7, 11) is 0. The second-order valence-corrected chi connectivity index (χ2v) is 6.11. The maximum atomic E-state index is 13.0. The molecule has 3 aromatic carbocycles. The van der Waals surface area contributed by atoms with E-state index in [1.807, 2.05) is 67.6 Å². The van der Waals surface area contributed by atoms with Crippen LogP contribution in [0.1, 0.15) is 27.0 Å². The maximum absolute atomic E-state index is 13.0. The molecule has 0 saturated carbocycles. The van der Waals surface area contributed by atoms with E-state index in [1.54, 1.807) is 12.1 Å². The summed E-state index contributed by atoms with van der Waals surface area (Å²) in [5, 5.41) is 13.1. The van der Waals surface area contributed by atoms with Crippen molar-refractivity contribution in [2.24, 2.45) is 0 Å². The third-order valence-electron chi connectivity index (χ3n) is 4.45. The fourth-order valence-corrected chi connectivity index (χ4v) is 3.21. The van der Waals surface area contributed by atoms with Crippen LogP contribution in [0.5, 0.6) is 5.75 Å². The molecule has 1 aliphatic rings. The minimum Gasteiger partial charge on any atom is -0.508 e. The Morgan fingerprint density at radius 3 is 2.24 bits per heavy atom. The largest absolute Gasteiger partial charge is 0.508 e. The van der Waals surface area contributed by atoms with Crippen LogP contribution in [0.2, 0.25) is 0 Å². The molecule has 0 fully saturated rings. The molecule has 3 nitrogen and oxygen atoms in total. The number of fused-ring (bicyclic) bond motifs is 1. The Morgan fingerprint density at radius 2 is 1.52 bits per heavy atom. The monoisotopic (exact) mass is 327 g/mol. The summed E-state index contributed by atoms with van der Waals surface area (Å²) >= 11 is 0. The lowest BCUT2D eigenvalue weighted by Crippen LogP contribution is -2.02. The van der Waals surface area contributed by atoms with Crippen LogP contribution in [0.4, 0.5) is 5.69 Å². The third-order valence-corrected chi connectivity index (χ3v) is 4.45. The first kappa shape index (κ1) is 15.2. The van der Waals surface area contributed by atoms with Gasteiger partial charge in [0.25, 0.3) is 0 Å². The van der Waals surface area contributed by atoms with Crippen molar-refractivity contribution in [3.8, 4) is 5.75 Å². The Balaban J connectivity index is 1.89. The number of rotatable bonds is 3. The summed E-state index contributed by atoms with van der Waals surface area (Å²) in [5.41, 5.74) is 5.76. The van der Waals surface area contributed by atoms with E-state index in [0.717, 1.165) is 28.1 Å². The molecular formula is C22H17NO2. The normalized spacial score (nSPS) is 13.1. The van der Waals surface area contributed by atoms with E-state index in [2.05, 4.69) is 5.32 Å². The first-order valence-electron chi connectivity index (χ1n) is 8.15. The summed E-state index contributed by atoms with van der Waals surface area (Å²) < 4.78 is 0. The van der Waals surface area contributed by atoms with Crippen molar-refractivity contribution in [2.75, 3.05) is 5.32 Å². The first-order chi connectivity index (χ1) is 12.1. The molecule has 0 heterocycles. The van der Waals surface area contributed by atoms with Crippen LogP contribution in [0.3, 0.4) is 0 Å². The molecular weight excluding hydrogens is 310 g/mol. The lowest BCUT2D eigenvalue weighted by Gasteiger charge is -2.14. The first-order valence-corrected chi connectivity index (χ1v) is 8.15. The van der Waals surface area contributed by atoms with Crippen molar-refractivity contribution >= 4 is 22.7 Å². The molecule has 2 N–H and O–H groups in total. The number of anilines is 1. The van der Waals surface area contributed by atoms with Crippen LogP contribution >= 0.6 is 0 Å². The highest BCUT2D eigenvalue weighted by molar-refractivity contribution is 6.40. The zero-order valence-electron chi connectivity index (χ0n) is 13.8. The van der Waals surface area contributed by atoms with Gasteiger partial charge >= 0.3 is 0 Å². The number of hydrogen-bond donors (Lipinski definition) is 2. The summed E-state index contributed by atoms with van der Waals surface area (Å²) in [6, 6.07) is 22.5. The third kappa shape index (κ3) is 2.60. The van der Waals surface area contributed by atoms with Gasteiger partial charge in [-0.15, -0.1) is 0 Å². The number of phenolic OH excluding ortho intramolecular Hbond substituents is 1. The lowest BCUT2D eigenvalue weighted by atomic mass is 10.0. The SMILES string of the molecule is Cc1cc(O)ccc1NC1=C(c2ccccc2)C(=O)c2ccccc21. The molecule has 0 amide bonds. The predicted molar refractivity (Wildman–Crippen MR) is 100 cm³/mol. The van der Waals surface area contributed by atoms with Gasteiger partial charge in [-0.05, 0) is 36.2 Å². The fourth-order valence-electron chi connectivity index (χ4n) is 3.21. The van der Waals surface area contributed by atoms with Gasteiger partial charge in [0.1, 0.15) is 5.75 Å². The molecule has 0 bridgehead atoms. The number of aryl methyl sites for hydroxylation is 1. The molecule has 3 heteroatoms. The second kappa shape index (κ2) is 5.95.